The molecule has 3 rings (SSSR count). The quantitative estimate of drug-likeness (QED) is 0.827. The summed E-state index contributed by atoms with van der Waals surface area (Å²) in [6.07, 6.45) is 2.91. The second-order valence-corrected chi connectivity index (χ2v) is 8.13. The van der Waals surface area contributed by atoms with Gasteiger partial charge in [-0.15, -0.1) is 0 Å². The van der Waals surface area contributed by atoms with E-state index in [-0.39, 0.29) is 4.90 Å². The van der Waals surface area contributed by atoms with E-state index in [1.165, 1.54) is 23.3 Å². The fourth-order valence-electron chi connectivity index (χ4n) is 3.42. The van der Waals surface area contributed by atoms with Gasteiger partial charge in [0.15, 0.2) is 0 Å². The molecule has 0 fully saturated rings. The molecule has 6 heteroatoms. The van der Waals surface area contributed by atoms with Crippen LogP contribution in [-0.4, -0.2) is 29.2 Å². The molecule has 0 aromatic heterocycles. The predicted octanol–water partition coefficient (Wildman–Crippen LogP) is 3.40. The first kappa shape index (κ1) is 19.4. The minimum Gasteiger partial charge on any atom is -0.497 e. The zero-order chi connectivity index (χ0) is 19.6. The van der Waals surface area contributed by atoms with Gasteiger partial charge in [0.2, 0.25) is 10.0 Å². The average molecular weight is 385 g/mol. The first-order valence-electron chi connectivity index (χ1n) is 8.53. The molecule has 2 N–H and O–H groups in total. The van der Waals surface area contributed by atoms with Crippen LogP contribution in [0.5, 0.6) is 5.75 Å². The lowest BCUT2D eigenvalue weighted by Crippen LogP contribution is -2.11. The molecule has 2 aromatic rings. The Morgan fingerprint density at radius 1 is 1.15 bits per heavy atom. The van der Waals surface area contributed by atoms with Crippen LogP contribution in [0.25, 0.3) is 11.6 Å². The summed E-state index contributed by atoms with van der Waals surface area (Å²) in [6.45, 7) is 2.57. The molecule has 0 radical (unpaired) electrons. The van der Waals surface area contributed by atoms with Gasteiger partial charge in [-0.1, -0.05) is 23.8 Å². The Bertz CT molecular complexity index is 1020. The van der Waals surface area contributed by atoms with Crippen molar-refractivity contribution >= 4 is 21.7 Å². The van der Waals surface area contributed by atoms with Gasteiger partial charge in [0.25, 0.3) is 0 Å². The highest BCUT2D eigenvalue weighted by Gasteiger charge is 2.22. The molecule has 0 amide bonds. The second kappa shape index (κ2) is 7.68. The maximum absolute atomic E-state index is 11.4. The fourth-order valence-corrected chi connectivity index (χ4v) is 3.93. The van der Waals surface area contributed by atoms with E-state index in [4.69, 9.17) is 14.6 Å². The van der Waals surface area contributed by atoms with E-state index < -0.39 is 10.0 Å². The number of hydrogen-bond acceptors (Lipinski definition) is 4. The van der Waals surface area contributed by atoms with Gasteiger partial charge in [-0.2, -0.15) is 0 Å². The number of sulfonamides is 1. The van der Waals surface area contributed by atoms with Crippen LogP contribution in [0.3, 0.4) is 0 Å². The van der Waals surface area contributed by atoms with E-state index in [0.717, 1.165) is 34.4 Å². The molecule has 0 unspecified atom stereocenters. The number of ether oxygens (including phenoxy) is 2. The summed E-state index contributed by atoms with van der Waals surface area (Å²) in [6, 6.07) is 12.6. The minimum absolute atomic E-state index is 0.0966. The number of nitrogens with two attached hydrogens (primary N) is 1. The summed E-state index contributed by atoms with van der Waals surface area (Å²) in [4.78, 5) is 0.0966. The molecule has 0 saturated heterocycles. The largest absolute Gasteiger partial charge is 0.497 e. The molecular weight excluding hydrogens is 362 g/mol. The van der Waals surface area contributed by atoms with Crippen molar-refractivity contribution in [3.63, 3.8) is 0 Å². The molecule has 0 aliphatic heterocycles. The lowest BCUT2D eigenvalue weighted by molar-refractivity contribution is 0.229. The summed E-state index contributed by atoms with van der Waals surface area (Å²) in [5.41, 5.74) is 6.74. The number of hydrogen-bond donors (Lipinski definition) is 1. The highest BCUT2D eigenvalue weighted by Crippen LogP contribution is 2.40. The van der Waals surface area contributed by atoms with Crippen LogP contribution in [0.2, 0.25) is 0 Å². The van der Waals surface area contributed by atoms with Crippen molar-refractivity contribution in [1.82, 2.24) is 0 Å². The highest BCUT2D eigenvalue weighted by molar-refractivity contribution is 7.89. The van der Waals surface area contributed by atoms with E-state index in [9.17, 15) is 8.42 Å². The Morgan fingerprint density at radius 3 is 2.44 bits per heavy atom. The smallest absolute Gasteiger partial charge is 0.238 e. The molecule has 1 aliphatic rings. The van der Waals surface area contributed by atoms with Crippen molar-refractivity contribution in [3.05, 3.63) is 70.3 Å². The molecule has 1 aliphatic carbocycles. The maximum Gasteiger partial charge on any atom is 0.238 e. The third-order valence-electron chi connectivity index (χ3n) is 4.64. The molecule has 0 saturated carbocycles. The van der Waals surface area contributed by atoms with Crippen molar-refractivity contribution < 1.29 is 17.9 Å². The molecule has 142 valence electrons. The van der Waals surface area contributed by atoms with Crippen LogP contribution < -0.4 is 9.88 Å². The molecular formula is C21H23NO4S. The van der Waals surface area contributed by atoms with Crippen molar-refractivity contribution in [2.75, 3.05) is 20.8 Å². The van der Waals surface area contributed by atoms with Crippen LogP contribution in [0.15, 0.2) is 58.5 Å². The van der Waals surface area contributed by atoms with Crippen molar-refractivity contribution in [2.45, 2.75) is 18.2 Å². The van der Waals surface area contributed by atoms with Crippen LogP contribution in [-0.2, 0) is 21.2 Å². The van der Waals surface area contributed by atoms with E-state index in [1.807, 2.05) is 12.1 Å². The predicted molar refractivity (Wildman–Crippen MR) is 107 cm³/mol. The molecule has 0 spiro atoms. The number of rotatable bonds is 6. The lowest BCUT2D eigenvalue weighted by atomic mass is 9.96. The van der Waals surface area contributed by atoms with Gasteiger partial charge in [0, 0.05) is 7.11 Å². The van der Waals surface area contributed by atoms with Crippen LogP contribution in [0, 0.1) is 0 Å². The van der Waals surface area contributed by atoms with E-state index in [2.05, 4.69) is 19.1 Å². The van der Waals surface area contributed by atoms with E-state index >= 15 is 0 Å². The standard InChI is InChI=1S/C21H23NO4S/c1-14-10-16-6-7-18(26-3)12-20(16)21(14)17(13-25-2)11-15-4-8-19(9-5-15)27(22,23)24/h4-9,11-12H,10,13H2,1-3H3,(H2,22,23,24)/b17-11+. The SMILES string of the molecule is COC/C(=C\c1ccc(S(N)(=O)=O)cc1)C1=C(C)Cc2ccc(OC)cc21. The Labute approximate surface area is 160 Å². The first-order valence-corrected chi connectivity index (χ1v) is 10.1. The number of fused-ring (bicyclic) bond motifs is 1. The van der Waals surface area contributed by atoms with Gasteiger partial charge in [-0.25, -0.2) is 13.6 Å². The Balaban J connectivity index is 2.04. The molecule has 5 nitrogen and oxygen atoms in total. The Hall–Kier alpha value is -2.41. The van der Waals surface area contributed by atoms with Gasteiger partial charge in [0.05, 0.1) is 18.6 Å². The molecule has 0 atom stereocenters. The number of allylic oxidation sites excluding steroid dienone is 1. The Morgan fingerprint density at radius 2 is 1.85 bits per heavy atom. The third-order valence-corrected chi connectivity index (χ3v) is 5.57. The fraction of sp³-hybridized carbons (Fsp3) is 0.238. The van der Waals surface area contributed by atoms with Crippen molar-refractivity contribution in [2.24, 2.45) is 5.14 Å². The zero-order valence-electron chi connectivity index (χ0n) is 15.7. The van der Waals surface area contributed by atoms with Crippen molar-refractivity contribution in [1.29, 1.82) is 0 Å². The summed E-state index contributed by atoms with van der Waals surface area (Å²) in [5, 5.41) is 5.17. The number of methoxy groups -OCH3 is 2. The average Bonchev–Trinajstić information content (AvgIpc) is 2.95. The van der Waals surface area contributed by atoms with Crippen molar-refractivity contribution in [3.8, 4) is 5.75 Å². The summed E-state index contributed by atoms with van der Waals surface area (Å²) in [7, 11) is -0.378. The summed E-state index contributed by atoms with van der Waals surface area (Å²) < 4.78 is 33.7. The number of benzene rings is 2. The summed E-state index contributed by atoms with van der Waals surface area (Å²) >= 11 is 0. The molecule has 0 heterocycles. The third kappa shape index (κ3) is 4.13. The topological polar surface area (TPSA) is 78.6 Å². The van der Waals surface area contributed by atoms with Gasteiger partial charge >= 0.3 is 0 Å². The van der Waals surface area contributed by atoms with E-state index in [1.54, 1.807) is 26.4 Å². The van der Waals surface area contributed by atoms with Gasteiger partial charge < -0.3 is 9.47 Å². The summed E-state index contributed by atoms with van der Waals surface area (Å²) in [5.74, 6) is 0.815. The van der Waals surface area contributed by atoms with Crippen LogP contribution >= 0.6 is 0 Å². The highest BCUT2D eigenvalue weighted by atomic mass is 32.2. The van der Waals surface area contributed by atoms with Gasteiger partial charge in [-0.05, 0) is 71.5 Å². The minimum atomic E-state index is -3.70. The van der Waals surface area contributed by atoms with Gasteiger partial charge in [-0.3, -0.25) is 0 Å². The van der Waals surface area contributed by atoms with Crippen LogP contribution in [0.1, 0.15) is 23.6 Å². The maximum atomic E-state index is 11.4. The van der Waals surface area contributed by atoms with E-state index in [0.29, 0.717) is 6.61 Å². The molecule has 27 heavy (non-hydrogen) atoms. The first-order chi connectivity index (χ1) is 12.8. The molecule has 0 bridgehead atoms. The normalized spacial score (nSPS) is 14.4. The second-order valence-electron chi connectivity index (χ2n) is 6.57. The zero-order valence-corrected chi connectivity index (χ0v) is 16.5. The number of primary sulfonamides is 1. The Kier molecular flexibility index (Phi) is 5.51. The van der Waals surface area contributed by atoms with Gasteiger partial charge in [0.1, 0.15) is 5.75 Å². The lowest BCUT2D eigenvalue weighted by Gasteiger charge is -2.13. The monoisotopic (exact) mass is 385 g/mol. The molecule has 2 aromatic carbocycles. The van der Waals surface area contributed by atoms with Crippen LogP contribution in [0.4, 0.5) is 0 Å².